The predicted molar refractivity (Wildman–Crippen MR) is 129 cm³/mol. The number of ether oxygens (including phenoxy) is 1. The largest absolute Gasteiger partial charge is 0.462 e. The molecule has 0 radical (unpaired) electrons. The number of hydrogen-bond acceptors (Lipinski definition) is 7. The Morgan fingerprint density at radius 1 is 1.15 bits per heavy atom. The molecule has 0 atom stereocenters. The van der Waals surface area contributed by atoms with Crippen LogP contribution in [0.2, 0.25) is 0 Å². The van der Waals surface area contributed by atoms with Crippen molar-refractivity contribution in [1.82, 2.24) is 4.31 Å². The first-order valence-electron chi connectivity index (χ1n) is 11.3. The van der Waals surface area contributed by atoms with Gasteiger partial charge in [0.25, 0.3) is 0 Å². The minimum absolute atomic E-state index is 0.0399. The van der Waals surface area contributed by atoms with Crippen molar-refractivity contribution in [3.05, 3.63) is 45.3 Å². The lowest BCUT2D eigenvalue weighted by atomic mass is 9.99. The van der Waals surface area contributed by atoms with Gasteiger partial charge in [0.15, 0.2) is 0 Å². The summed E-state index contributed by atoms with van der Waals surface area (Å²) in [6.07, 6.45) is 3.35. The number of sulfonamides is 1. The van der Waals surface area contributed by atoms with E-state index >= 15 is 0 Å². The van der Waals surface area contributed by atoms with Crippen LogP contribution in [0.1, 0.15) is 52.2 Å². The van der Waals surface area contributed by atoms with Crippen molar-refractivity contribution in [3.8, 4) is 0 Å². The third-order valence-electron chi connectivity index (χ3n) is 6.08. The van der Waals surface area contributed by atoms with Gasteiger partial charge >= 0.3 is 5.97 Å². The summed E-state index contributed by atoms with van der Waals surface area (Å²) in [6, 6.07) is 5.69. The summed E-state index contributed by atoms with van der Waals surface area (Å²) < 4.78 is 31.2. The molecular formula is C23H29N3O5S2. The molecule has 0 unspecified atom stereocenters. The summed E-state index contributed by atoms with van der Waals surface area (Å²) >= 11 is 1.46. The molecule has 33 heavy (non-hydrogen) atoms. The van der Waals surface area contributed by atoms with E-state index in [0.717, 1.165) is 46.5 Å². The highest BCUT2D eigenvalue weighted by atomic mass is 32.2. The first kappa shape index (κ1) is 23.7. The van der Waals surface area contributed by atoms with Gasteiger partial charge in [0.2, 0.25) is 15.9 Å². The fraction of sp³-hybridized carbons (Fsp3) is 0.478. The number of fused-ring (bicyclic) bond motifs is 2. The van der Waals surface area contributed by atoms with Crippen molar-refractivity contribution >= 4 is 43.9 Å². The third kappa shape index (κ3) is 4.92. The molecule has 0 spiro atoms. The number of aryl methyl sites for hydroxylation is 1. The molecular weight excluding hydrogens is 462 g/mol. The van der Waals surface area contributed by atoms with Crippen molar-refractivity contribution in [2.75, 3.05) is 36.1 Å². The van der Waals surface area contributed by atoms with Gasteiger partial charge in [-0.25, -0.2) is 13.2 Å². The van der Waals surface area contributed by atoms with Gasteiger partial charge in [0, 0.05) is 23.7 Å². The quantitative estimate of drug-likeness (QED) is 0.550. The number of benzene rings is 1. The van der Waals surface area contributed by atoms with Crippen molar-refractivity contribution < 1.29 is 22.7 Å². The van der Waals surface area contributed by atoms with Crippen LogP contribution in [0, 0.1) is 0 Å². The number of rotatable bonds is 8. The van der Waals surface area contributed by atoms with Crippen LogP contribution in [0.4, 0.5) is 10.7 Å². The zero-order valence-electron chi connectivity index (χ0n) is 18.9. The molecule has 1 aromatic carbocycles. The summed E-state index contributed by atoms with van der Waals surface area (Å²) in [5, 5.41) is 6.64. The lowest BCUT2D eigenvalue weighted by molar-refractivity contribution is -0.114. The van der Waals surface area contributed by atoms with E-state index in [1.165, 1.54) is 15.6 Å². The Kier molecular flexibility index (Phi) is 7.06. The minimum Gasteiger partial charge on any atom is -0.462 e. The van der Waals surface area contributed by atoms with Crippen molar-refractivity contribution in [3.63, 3.8) is 0 Å². The summed E-state index contributed by atoms with van der Waals surface area (Å²) in [4.78, 5) is 26.4. The number of nitrogens with one attached hydrogen (secondary N) is 2. The number of carbonyl (C=O) groups is 2. The van der Waals surface area contributed by atoms with Crippen LogP contribution in [-0.2, 0) is 45.4 Å². The molecule has 2 N–H and O–H groups in total. The third-order valence-corrected chi connectivity index (χ3v) is 9.12. The van der Waals surface area contributed by atoms with E-state index in [4.69, 9.17) is 4.74 Å². The lowest BCUT2D eigenvalue weighted by Gasteiger charge is -2.29. The average Bonchev–Trinajstić information content (AvgIpc) is 3.38. The Morgan fingerprint density at radius 2 is 1.97 bits per heavy atom. The topological polar surface area (TPSA) is 105 Å². The molecule has 1 aromatic heterocycles. The molecule has 10 heteroatoms. The molecule has 1 aliphatic carbocycles. The number of thiophene rings is 1. The molecule has 0 saturated carbocycles. The fourth-order valence-corrected chi connectivity index (χ4v) is 6.79. The summed E-state index contributed by atoms with van der Waals surface area (Å²) in [5.74, 6) is -0.548. The second kappa shape index (κ2) is 9.82. The van der Waals surface area contributed by atoms with E-state index in [1.54, 1.807) is 13.8 Å². The number of anilines is 2. The highest BCUT2D eigenvalue weighted by Gasteiger charge is 2.29. The standard InChI is InChI=1S/C23H29N3O5S2/c1-3-31-23(28)21-17-8-6-10-19(17)32-22(21)25-20(27)13-24-18-9-5-7-15-14-26(12-11-16(15)18)33(29,30)4-2/h5,7,9,24H,3-4,6,8,10-14H2,1-2H3,(H,25,27). The molecule has 178 valence electrons. The molecule has 8 nitrogen and oxygen atoms in total. The van der Waals surface area contributed by atoms with E-state index in [2.05, 4.69) is 10.6 Å². The van der Waals surface area contributed by atoms with Crippen LogP contribution in [-0.4, -0.2) is 50.0 Å². The second-order valence-corrected chi connectivity index (χ2v) is 11.5. The molecule has 4 rings (SSSR count). The van der Waals surface area contributed by atoms with E-state index in [-0.39, 0.29) is 30.8 Å². The van der Waals surface area contributed by atoms with Crippen LogP contribution in [0.5, 0.6) is 0 Å². The molecule has 0 saturated heterocycles. The van der Waals surface area contributed by atoms with E-state index in [1.807, 2.05) is 18.2 Å². The number of amides is 1. The van der Waals surface area contributed by atoms with Crippen molar-refractivity contribution in [1.29, 1.82) is 0 Å². The zero-order chi connectivity index (χ0) is 23.6. The Morgan fingerprint density at radius 3 is 2.73 bits per heavy atom. The molecule has 2 aromatic rings. The van der Waals surface area contributed by atoms with Gasteiger partial charge in [-0.05, 0) is 62.3 Å². The Hall–Kier alpha value is -2.43. The zero-order valence-corrected chi connectivity index (χ0v) is 20.5. The van der Waals surface area contributed by atoms with Gasteiger partial charge in [-0.15, -0.1) is 11.3 Å². The maximum absolute atomic E-state index is 12.7. The summed E-state index contributed by atoms with van der Waals surface area (Å²) in [5.41, 5.74) is 4.32. The molecule has 2 heterocycles. The summed E-state index contributed by atoms with van der Waals surface area (Å²) in [7, 11) is -3.24. The number of nitrogens with zero attached hydrogens (tertiary/aromatic N) is 1. The fourth-order valence-electron chi connectivity index (χ4n) is 4.43. The van der Waals surface area contributed by atoms with Crippen LogP contribution in [0.15, 0.2) is 18.2 Å². The minimum atomic E-state index is -3.24. The van der Waals surface area contributed by atoms with Gasteiger partial charge < -0.3 is 15.4 Å². The van der Waals surface area contributed by atoms with Gasteiger partial charge in [-0.2, -0.15) is 4.31 Å². The number of hydrogen-bond donors (Lipinski definition) is 2. The van der Waals surface area contributed by atoms with Crippen LogP contribution in [0.3, 0.4) is 0 Å². The maximum atomic E-state index is 12.7. The first-order chi connectivity index (χ1) is 15.8. The van der Waals surface area contributed by atoms with E-state index in [9.17, 15) is 18.0 Å². The highest BCUT2D eigenvalue weighted by molar-refractivity contribution is 7.89. The van der Waals surface area contributed by atoms with Gasteiger partial charge in [-0.1, -0.05) is 12.1 Å². The predicted octanol–water partition coefficient (Wildman–Crippen LogP) is 3.17. The normalized spacial score (nSPS) is 15.6. The molecule has 0 fully saturated rings. The molecule has 2 aliphatic rings. The Balaban J connectivity index is 1.44. The monoisotopic (exact) mass is 491 g/mol. The number of esters is 1. The second-order valence-electron chi connectivity index (χ2n) is 8.11. The lowest BCUT2D eigenvalue weighted by Crippen LogP contribution is -2.37. The first-order valence-corrected chi connectivity index (χ1v) is 13.7. The van der Waals surface area contributed by atoms with E-state index < -0.39 is 10.0 Å². The SMILES string of the molecule is CCOC(=O)c1c(NC(=O)CNc2cccc3c2CCN(S(=O)(=O)CC)C3)sc2c1CCC2. The number of carbonyl (C=O) groups excluding carboxylic acids is 2. The highest BCUT2D eigenvalue weighted by Crippen LogP contribution is 2.39. The maximum Gasteiger partial charge on any atom is 0.341 e. The van der Waals surface area contributed by atoms with Crippen LogP contribution >= 0.6 is 11.3 Å². The van der Waals surface area contributed by atoms with Crippen molar-refractivity contribution in [2.24, 2.45) is 0 Å². The average molecular weight is 492 g/mol. The van der Waals surface area contributed by atoms with Gasteiger partial charge in [0.1, 0.15) is 5.00 Å². The van der Waals surface area contributed by atoms with Crippen molar-refractivity contribution in [2.45, 2.75) is 46.1 Å². The molecule has 0 bridgehead atoms. The smallest absolute Gasteiger partial charge is 0.341 e. The van der Waals surface area contributed by atoms with E-state index in [0.29, 0.717) is 30.1 Å². The van der Waals surface area contributed by atoms with Gasteiger partial charge in [0.05, 0.1) is 24.5 Å². The van der Waals surface area contributed by atoms with Crippen LogP contribution < -0.4 is 10.6 Å². The summed E-state index contributed by atoms with van der Waals surface area (Å²) in [6.45, 7) is 4.52. The molecule has 1 aliphatic heterocycles. The van der Waals surface area contributed by atoms with Gasteiger partial charge in [-0.3, -0.25) is 4.79 Å². The van der Waals surface area contributed by atoms with Crippen LogP contribution in [0.25, 0.3) is 0 Å². The molecule has 1 amide bonds. The Bertz CT molecular complexity index is 1170. The Labute approximate surface area is 198 Å².